The molecule has 4 heterocycles. The number of rotatable bonds is 5. The molecule has 0 saturated carbocycles. The minimum atomic E-state index is 0.667. The monoisotopic (exact) mass is 392 g/mol. The molecule has 4 nitrogen and oxygen atoms in total. The van der Waals surface area contributed by atoms with Crippen LogP contribution in [-0.2, 0) is 6.42 Å². The lowest BCUT2D eigenvalue weighted by molar-refractivity contribution is 0.167. The van der Waals surface area contributed by atoms with Crippen molar-refractivity contribution >= 4 is 28.2 Å². The third kappa shape index (κ3) is 3.59. The molecule has 2 saturated heterocycles. The van der Waals surface area contributed by atoms with Crippen molar-refractivity contribution in [1.82, 2.24) is 14.9 Å². The van der Waals surface area contributed by atoms with E-state index in [-0.39, 0.29) is 0 Å². The number of aromatic nitrogens is 2. The van der Waals surface area contributed by atoms with Crippen molar-refractivity contribution in [3.8, 4) is 0 Å². The Morgan fingerprint density at radius 2 is 1.79 bits per heavy atom. The Morgan fingerprint density at radius 1 is 1.00 bits per heavy atom. The van der Waals surface area contributed by atoms with Gasteiger partial charge in [0.1, 0.15) is 0 Å². The van der Waals surface area contributed by atoms with Gasteiger partial charge in [-0.15, -0.1) is 0 Å². The van der Waals surface area contributed by atoms with Crippen LogP contribution in [-0.4, -0.2) is 46.6 Å². The molecule has 5 heteroatoms. The van der Waals surface area contributed by atoms with E-state index in [1.807, 2.05) is 30.6 Å². The van der Waals surface area contributed by atoms with Gasteiger partial charge in [0.2, 0.25) is 0 Å². The Hall–Kier alpha value is -2.17. The number of hydrogen-bond acceptors (Lipinski definition) is 4. The average Bonchev–Trinajstić information content (AvgIpc) is 2.95. The zero-order valence-corrected chi connectivity index (χ0v) is 16.7. The van der Waals surface area contributed by atoms with Crippen molar-refractivity contribution in [3.05, 3.63) is 65.6 Å². The molecule has 0 N–H and O–H groups in total. The number of pyridine rings is 2. The van der Waals surface area contributed by atoms with Crippen LogP contribution < -0.4 is 4.90 Å². The van der Waals surface area contributed by atoms with E-state index in [9.17, 15) is 0 Å². The van der Waals surface area contributed by atoms with Crippen LogP contribution in [0.4, 0.5) is 5.69 Å². The average molecular weight is 393 g/mol. The van der Waals surface area contributed by atoms with Crippen molar-refractivity contribution in [2.75, 3.05) is 24.5 Å². The summed E-state index contributed by atoms with van der Waals surface area (Å²) >= 11 is 6.05. The number of anilines is 1. The van der Waals surface area contributed by atoms with Gasteiger partial charge in [-0.25, -0.2) is 0 Å². The summed E-state index contributed by atoms with van der Waals surface area (Å²) in [6.07, 6.45) is 8.60. The largest absolute Gasteiger partial charge is 0.368 e. The molecule has 28 heavy (non-hydrogen) atoms. The predicted octanol–water partition coefficient (Wildman–Crippen LogP) is 4.57. The second kappa shape index (κ2) is 7.69. The minimum absolute atomic E-state index is 0.667. The fourth-order valence-corrected chi connectivity index (χ4v) is 4.93. The van der Waals surface area contributed by atoms with Crippen LogP contribution in [0.15, 0.2) is 54.9 Å². The summed E-state index contributed by atoms with van der Waals surface area (Å²) in [6.45, 7) is 3.40. The molecule has 2 aromatic heterocycles. The molecule has 5 rings (SSSR count). The Morgan fingerprint density at radius 3 is 2.57 bits per heavy atom. The Balaban J connectivity index is 1.19. The maximum Gasteiger partial charge on any atom is 0.0735 e. The molecule has 2 unspecified atom stereocenters. The van der Waals surface area contributed by atoms with Gasteiger partial charge in [0.05, 0.1) is 5.52 Å². The van der Waals surface area contributed by atoms with Crippen molar-refractivity contribution in [3.63, 3.8) is 0 Å². The van der Waals surface area contributed by atoms with Crippen LogP contribution in [0.3, 0.4) is 0 Å². The second-order valence-corrected chi connectivity index (χ2v) is 8.42. The molecule has 2 atom stereocenters. The molecular formula is C23H25ClN4. The third-order valence-electron chi connectivity index (χ3n) is 6.22. The smallest absolute Gasteiger partial charge is 0.0735 e. The number of benzene rings is 1. The second-order valence-electron chi connectivity index (χ2n) is 7.98. The molecule has 2 bridgehead atoms. The molecule has 0 amide bonds. The van der Waals surface area contributed by atoms with Gasteiger partial charge in [-0.2, -0.15) is 0 Å². The SMILES string of the molecule is Clc1ccc(N2CC3CCC(C2)N3CCCc2cc3ncccc3cn2)cc1. The maximum absolute atomic E-state index is 6.05. The number of hydrogen-bond donors (Lipinski definition) is 0. The van der Waals surface area contributed by atoms with Gasteiger partial charge in [0, 0.05) is 59.4 Å². The number of fused-ring (bicyclic) bond motifs is 3. The molecule has 0 spiro atoms. The van der Waals surface area contributed by atoms with E-state index in [4.69, 9.17) is 11.6 Å². The first kappa shape index (κ1) is 17.9. The normalized spacial score (nSPS) is 22.1. The Labute approximate surface area is 171 Å². The van der Waals surface area contributed by atoms with Crippen molar-refractivity contribution in [2.24, 2.45) is 0 Å². The third-order valence-corrected chi connectivity index (χ3v) is 6.47. The topological polar surface area (TPSA) is 32.3 Å². The van der Waals surface area contributed by atoms with Crippen molar-refractivity contribution < 1.29 is 0 Å². The Kier molecular flexibility index (Phi) is 4.91. The first-order valence-electron chi connectivity index (χ1n) is 10.2. The summed E-state index contributed by atoms with van der Waals surface area (Å²) in [7, 11) is 0. The highest BCUT2D eigenvalue weighted by atomic mass is 35.5. The van der Waals surface area contributed by atoms with Gasteiger partial charge in [0.15, 0.2) is 0 Å². The van der Waals surface area contributed by atoms with Crippen LogP contribution in [0.2, 0.25) is 5.02 Å². The lowest BCUT2D eigenvalue weighted by atomic mass is 10.1. The summed E-state index contributed by atoms with van der Waals surface area (Å²) in [5, 5.41) is 1.92. The summed E-state index contributed by atoms with van der Waals surface area (Å²) in [5.74, 6) is 0. The van der Waals surface area contributed by atoms with E-state index in [0.29, 0.717) is 12.1 Å². The van der Waals surface area contributed by atoms with Gasteiger partial charge in [-0.3, -0.25) is 14.9 Å². The zero-order chi connectivity index (χ0) is 18.9. The van der Waals surface area contributed by atoms with E-state index in [2.05, 4.69) is 44.0 Å². The molecule has 2 fully saturated rings. The van der Waals surface area contributed by atoms with E-state index in [0.717, 1.165) is 54.1 Å². The van der Waals surface area contributed by atoms with E-state index in [1.165, 1.54) is 18.5 Å². The van der Waals surface area contributed by atoms with Gasteiger partial charge < -0.3 is 4.90 Å². The molecule has 2 aliphatic heterocycles. The first-order chi connectivity index (χ1) is 13.8. The highest BCUT2D eigenvalue weighted by Gasteiger charge is 2.39. The summed E-state index contributed by atoms with van der Waals surface area (Å²) in [4.78, 5) is 14.4. The van der Waals surface area contributed by atoms with E-state index >= 15 is 0 Å². The van der Waals surface area contributed by atoms with E-state index < -0.39 is 0 Å². The minimum Gasteiger partial charge on any atom is -0.368 e. The fourth-order valence-electron chi connectivity index (χ4n) is 4.80. The number of piperazine rings is 1. The number of nitrogens with zero attached hydrogens (tertiary/aromatic N) is 4. The van der Waals surface area contributed by atoms with Crippen molar-refractivity contribution in [2.45, 2.75) is 37.8 Å². The van der Waals surface area contributed by atoms with Crippen LogP contribution >= 0.6 is 11.6 Å². The Bertz CT molecular complexity index is 944. The molecule has 2 aliphatic rings. The molecular weight excluding hydrogens is 368 g/mol. The van der Waals surface area contributed by atoms with Gasteiger partial charge >= 0.3 is 0 Å². The van der Waals surface area contributed by atoms with Gasteiger partial charge in [-0.1, -0.05) is 11.6 Å². The maximum atomic E-state index is 6.05. The highest BCUT2D eigenvalue weighted by Crippen LogP contribution is 2.33. The molecule has 0 radical (unpaired) electrons. The zero-order valence-electron chi connectivity index (χ0n) is 16.0. The van der Waals surface area contributed by atoms with Gasteiger partial charge in [-0.05, 0) is 74.7 Å². The standard InChI is InChI=1S/C23H25ClN4/c24-18-5-7-20(8-6-18)27-15-21-9-10-22(16-27)28(21)12-2-4-19-13-23-17(14-26-19)3-1-11-25-23/h1,3,5-8,11,13-14,21-22H,2,4,9-10,12,15-16H2. The van der Waals surface area contributed by atoms with Crippen LogP contribution in [0.25, 0.3) is 10.9 Å². The van der Waals surface area contributed by atoms with Crippen LogP contribution in [0, 0.1) is 0 Å². The van der Waals surface area contributed by atoms with Crippen LogP contribution in [0.5, 0.6) is 0 Å². The molecule has 3 aromatic rings. The lowest BCUT2D eigenvalue weighted by Crippen LogP contribution is -2.54. The lowest BCUT2D eigenvalue weighted by Gasteiger charge is -2.42. The van der Waals surface area contributed by atoms with Crippen molar-refractivity contribution in [1.29, 1.82) is 0 Å². The molecule has 0 aliphatic carbocycles. The first-order valence-corrected chi connectivity index (χ1v) is 10.6. The summed E-state index contributed by atoms with van der Waals surface area (Å²) in [5.41, 5.74) is 3.50. The molecule has 1 aromatic carbocycles. The highest BCUT2D eigenvalue weighted by molar-refractivity contribution is 6.30. The number of aryl methyl sites for hydroxylation is 1. The van der Waals surface area contributed by atoms with Gasteiger partial charge in [0.25, 0.3) is 0 Å². The fraction of sp³-hybridized carbons (Fsp3) is 0.391. The summed E-state index contributed by atoms with van der Waals surface area (Å²) in [6, 6.07) is 15.8. The molecule has 144 valence electrons. The predicted molar refractivity (Wildman–Crippen MR) is 115 cm³/mol. The summed E-state index contributed by atoms with van der Waals surface area (Å²) < 4.78 is 0. The number of halogens is 1. The van der Waals surface area contributed by atoms with E-state index in [1.54, 1.807) is 0 Å². The quantitative estimate of drug-likeness (QED) is 0.636. The van der Waals surface area contributed by atoms with Crippen LogP contribution in [0.1, 0.15) is 25.0 Å².